The van der Waals surface area contributed by atoms with Gasteiger partial charge in [-0.25, -0.2) is 13.4 Å². The lowest BCUT2D eigenvalue weighted by Gasteiger charge is -2.36. The van der Waals surface area contributed by atoms with Crippen LogP contribution in [0.2, 0.25) is 0 Å². The molecule has 2 heterocycles. The fraction of sp³-hybridized carbons (Fsp3) is 0.455. The van der Waals surface area contributed by atoms with E-state index in [1.807, 2.05) is 19.9 Å². The molecule has 1 amide bonds. The number of nitrogens with zero attached hydrogens (tertiary/aromatic N) is 3. The molecule has 0 bridgehead atoms. The maximum Gasteiger partial charge on any atom is 0.255 e. The van der Waals surface area contributed by atoms with Crippen molar-refractivity contribution in [2.45, 2.75) is 50.8 Å². The zero-order chi connectivity index (χ0) is 22.8. The van der Waals surface area contributed by atoms with Crippen LogP contribution in [0, 0.1) is 0 Å². The van der Waals surface area contributed by atoms with Crippen molar-refractivity contribution in [3.63, 3.8) is 0 Å². The molecule has 1 aromatic heterocycles. The molecule has 1 aliphatic rings. The molecule has 31 heavy (non-hydrogen) atoms. The Morgan fingerprint density at radius 3 is 2.26 bits per heavy atom. The molecule has 168 valence electrons. The molecule has 1 fully saturated rings. The van der Waals surface area contributed by atoms with Crippen LogP contribution in [0.25, 0.3) is 0 Å². The maximum absolute atomic E-state index is 12.6. The van der Waals surface area contributed by atoms with E-state index in [4.69, 9.17) is 4.74 Å². The van der Waals surface area contributed by atoms with Gasteiger partial charge in [-0.1, -0.05) is 0 Å². The number of ether oxygens (including phenoxy) is 1. The SMILES string of the molecule is CC1CN(c2ccc(NC(=O)c3ccc(S(=O)(=O)N(C)C(C)C)cc3)cn2)CC(C)O1. The highest BCUT2D eigenvalue weighted by atomic mass is 32.2. The van der Waals surface area contributed by atoms with Crippen molar-refractivity contribution < 1.29 is 17.9 Å². The van der Waals surface area contributed by atoms with Crippen LogP contribution in [0.5, 0.6) is 0 Å². The summed E-state index contributed by atoms with van der Waals surface area (Å²) in [6.45, 7) is 9.22. The number of sulfonamides is 1. The van der Waals surface area contributed by atoms with Crippen LogP contribution in [0.3, 0.4) is 0 Å². The van der Waals surface area contributed by atoms with E-state index in [-0.39, 0.29) is 29.1 Å². The molecule has 2 aromatic rings. The summed E-state index contributed by atoms with van der Waals surface area (Å²) in [6.07, 6.45) is 1.89. The summed E-state index contributed by atoms with van der Waals surface area (Å²) in [4.78, 5) is 19.4. The smallest absolute Gasteiger partial charge is 0.255 e. The molecule has 2 atom stereocenters. The summed E-state index contributed by atoms with van der Waals surface area (Å²) >= 11 is 0. The molecule has 1 N–H and O–H groups in total. The average Bonchev–Trinajstić information content (AvgIpc) is 2.73. The van der Waals surface area contributed by atoms with Gasteiger partial charge in [0.1, 0.15) is 5.82 Å². The van der Waals surface area contributed by atoms with Gasteiger partial charge in [0, 0.05) is 31.7 Å². The lowest BCUT2D eigenvalue weighted by atomic mass is 10.2. The maximum atomic E-state index is 12.6. The number of hydrogen-bond donors (Lipinski definition) is 1. The quantitative estimate of drug-likeness (QED) is 0.734. The Morgan fingerprint density at radius 2 is 1.74 bits per heavy atom. The van der Waals surface area contributed by atoms with Gasteiger partial charge in [0.25, 0.3) is 5.91 Å². The van der Waals surface area contributed by atoms with Crippen molar-refractivity contribution in [1.82, 2.24) is 9.29 Å². The minimum Gasteiger partial charge on any atom is -0.372 e. The zero-order valence-corrected chi connectivity index (χ0v) is 19.4. The Kier molecular flexibility index (Phi) is 6.98. The number of amides is 1. The van der Waals surface area contributed by atoms with Crippen molar-refractivity contribution in [1.29, 1.82) is 0 Å². The number of carbonyl (C=O) groups excluding carboxylic acids is 1. The molecule has 2 unspecified atom stereocenters. The molecule has 3 rings (SSSR count). The Hall–Kier alpha value is -2.49. The normalized spacial score (nSPS) is 19.6. The van der Waals surface area contributed by atoms with E-state index in [1.54, 1.807) is 26.1 Å². The van der Waals surface area contributed by atoms with Crippen LogP contribution in [-0.2, 0) is 14.8 Å². The molecule has 9 heteroatoms. The third-order valence-electron chi connectivity index (χ3n) is 5.27. The van der Waals surface area contributed by atoms with Gasteiger partial charge in [0.05, 0.1) is 29.0 Å². The second-order valence-electron chi connectivity index (χ2n) is 8.16. The van der Waals surface area contributed by atoms with E-state index in [0.29, 0.717) is 11.3 Å². The summed E-state index contributed by atoms with van der Waals surface area (Å²) in [5.41, 5.74) is 0.936. The van der Waals surface area contributed by atoms with E-state index >= 15 is 0 Å². The number of carbonyl (C=O) groups is 1. The van der Waals surface area contributed by atoms with Gasteiger partial charge in [0.15, 0.2) is 0 Å². The number of rotatable bonds is 6. The molecule has 1 aromatic carbocycles. The monoisotopic (exact) mass is 446 g/mol. The Bertz CT molecular complexity index is 997. The average molecular weight is 447 g/mol. The number of pyridine rings is 1. The minimum absolute atomic E-state index is 0.136. The standard InChI is InChI=1S/C22H30N4O4S/c1-15(2)25(5)31(28,29)20-9-6-18(7-10-20)22(27)24-19-8-11-21(23-12-19)26-13-16(3)30-17(4)14-26/h6-12,15-17H,13-14H2,1-5H3,(H,24,27). The number of benzene rings is 1. The van der Waals surface area contributed by atoms with E-state index < -0.39 is 10.0 Å². The molecular formula is C22H30N4O4S. The van der Waals surface area contributed by atoms with Gasteiger partial charge in [-0.3, -0.25) is 4.79 Å². The van der Waals surface area contributed by atoms with Crippen LogP contribution in [0.4, 0.5) is 11.5 Å². The van der Waals surface area contributed by atoms with Crippen LogP contribution in [0.15, 0.2) is 47.5 Å². The summed E-state index contributed by atoms with van der Waals surface area (Å²) in [6, 6.07) is 9.44. The van der Waals surface area contributed by atoms with E-state index in [2.05, 4.69) is 15.2 Å². The van der Waals surface area contributed by atoms with Crippen molar-refractivity contribution in [2.24, 2.45) is 0 Å². The zero-order valence-electron chi connectivity index (χ0n) is 18.6. The molecule has 0 radical (unpaired) electrons. The van der Waals surface area contributed by atoms with Crippen molar-refractivity contribution >= 4 is 27.4 Å². The number of hydrogen-bond acceptors (Lipinski definition) is 6. The number of aromatic nitrogens is 1. The summed E-state index contributed by atoms with van der Waals surface area (Å²) < 4.78 is 32.2. The molecule has 0 saturated carbocycles. The first-order valence-electron chi connectivity index (χ1n) is 10.3. The Morgan fingerprint density at radius 1 is 1.13 bits per heavy atom. The first-order chi connectivity index (χ1) is 14.6. The highest BCUT2D eigenvalue weighted by Crippen LogP contribution is 2.21. The molecule has 0 spiro atoms. The third kappa shape index (κ3) is 5.41. The molecule has 0 aliphatic carbocycles. The highest BCUT2D eigenvalue weighted by molar-refractivity contribution is 7.89. The van der Waals surface area contributed by atoms with Crippen molar-refractivity contribution in [3.8, 4) is 0 Å². The van der Waals surface area contributed by atoms with E-state index in [0.717, 1.165) is 18.9 Å². The van der Waals surface area contributed by atoms with Crippen LogP contribution in [0.1, 0.15) is 38.1 Å². The highest BCUT2D eigenvalue weighted by Gasteiger charge is 2.24. The second kappa shape index (κ2) is 9.33. The number of morpholine rings is 1. The van der Waals surface area contributed by atoms with Gasteiger partial charge < -0.3 is 15.0 Å². The van der Waals surface area contributed by atoms with Crippen LogP contribution >= 0.6 is 0 Å². The minimum atomic E-state index is -3.58. The summed E-state index contributed by atoms with van der Waals surface area (Å²) in [7, 11) is -2.05. The van der Waals surface area contributed by atoms with Gasteiger partial charge in [-0.15, -0.1) is 0 Å². The first kappa shape index (κ1) is 23.2. The lowest BCUT2D eigenvalue weighted by Crippen LogP contribution is -2.45. The van der Waals surface area contributed by atoms with Crippen molar-refractivity contribution in [2.75, 3.05) is 30.4 Å². The fourth-order valence-corrected chi connectivity index (χ4v) is 4.81. The Balaban J connectivity index is 1.66. The molecular weight excluding hydrogens is 416 g/mol. The fourth-order valence-electron chi connectivity index (χ4n) is 3.44. The Labute approximate surface area is 184 Å². The molecule has 8 nitrogen and oxygen atoms in total. The van der Waals surface area contributed by atoms with Gasteiger partial charge >= 0.3 is 0 Å². The van der Waals surface area contributed by atoms with Crippen molar-refractivity contribution in [3.05, 3.63) is 48.2 Å². The summed E-state index contributed by atoms with van der Waals surface area (Å²) in [5.74, 6) is 0.508. The van der Waals surface area contributed by atoms with Crippen LogP contribution < -0.4 is 10.2 Å². The number of nitrogens with one attached hydrogen (secondary N) is 1. The second-order valence-corrected chi connectivity index (χ2v) is 10.2. The number of anilines is 2. The van der Waals surface area contributed by atoms with Gasteiger partial charge in [-0.2, -0.15) is 4.31 Å². The van der Waals surface area contributed by atoms with E-state index in [1.165, 1.54) is 35.6 Å². The van der Waals surface area contributed by atoms with Gasteiger partial charge in [0.2, 0.25) is 10.0 Å². The molecule has 1 aliphatic heterocycles. The predicted octanol–water partition coefficient (Wildman–Crippen LogP) is 2.98. The van der Waals surface area contributed by atoms with Crippen LogP contribution in [-0.4, -0.2) is 62.0 Å². The van der Waals surface area contributed by atoms with E-state index in [9.17, 15) is 13.2 Å². The van der Waals surface area contributed by atoms with Gasteiger partial charge in [-0.05, 0) is 64.1 Å². The predicted molar refractivity (Wildman–Crippen MR) is 121 cm³/mol. The largest absolute Gasteiger partial charge is 0.372 e. The third-order valence-corrected chi connectivity index (χ3v) is 7.32. The first-order valence-corrected chi connectivity index (χ1v) is 11.8. The molecule has 1 saturated heterocycles. The topological polar surface area (TPSA) is 91.8 Å². The summed E-state index contributed by atoms with van der Waals surface area (Å²) in [5, 5.41) is 2.80. The lowest BCUT2D eigenvalue weighted by molar-refractivity contribution is -0.00545.